The standard InChI is InChI=1S/C69H119NO10/c1-4-7-10-13-16-19-22-25-26-27-28-29-30-31-32-33-34-35-36-37-38-39-42-45-48-51-54-57-64(74)80-67-66(76)65(75)63(58-71)79-69(67)78-59-60(61(72)55-52-49-46-43-40-23-20-17-14-11-8-5-2)70-68(77)62(73)56-53-50-47-44-41-24-21-18-15-12-9-6-3/h9,12,15-16,18-19,21,24-26,28-29,31-32,52,55,60-63,65-67,69,71-73,75-76H,4-8,10-11,13-14,17,20,22-23,27,30,33-51,53-54,56-59H2,1-3H3,(H,70,77)/b12-9+,18-15+,19-16-,24-21-,26-25-,29-28-,32-31-,55-52+. The van der Waals surface area contributed by atoms with E-state index in [0.717, 1.165) is 96.3 Å². The molecule has 0 aliphatic carbocycles. The quantitative estimate of drug-likeness (QED) is 0.0149. The Kier molecular flexibility index (Phi) is 52.3. The second-order valence-corrected chi connectivity index (χ2v) is 22.2. The lowest BCUT2D eigenvalue weighted by molar-refractivity contribution is -0.305. The Morgan fingerprint density at radius 2 is 0.950 bits per heavy atom. The highest BCUT2D eigenvalue weighted by Gasteiger charge is 2.47. The van der Waals surface area contributed by atoms with Crippen LogP contribution in [0.15, 0.2) is 97.2 Å². The van der Waals surface area contributed by atoms with Crippen LogP contribution in [0.5, 0.6) is 0 Å². The summed E-state index contributed by atoms with van der Waals surface area (Å²) >= 11 is 0. The molecule has 1 amide bonds. The third-order valence-electron chi connectivity index (χ3n) is 14.8. The minimum atomic E-state index is -1.62. The molecular formula is C69H119NO10. The summed E-state index contributed by atoms with van der Waals surface area (Å²) in [5.41, 5.74) is 0. The van der Waals surface area contributed by atoms with E-state index in [2.05, 4.69) is 86.8 Å². The van der Waals surface area contributed by atoms with E-state index in [-0.39, 0.29) is 19.4 Å². The maximum atomic E-state index is 13.4. The number of carbonyl (C=O) groups excluding carboxylic acids is 2. The number of ether oxygens (including phenoxy) is 3. The molecule has 11 nitrogen and oxygen atoms in total. The number of aliphatic hydroxyl groups excluding tert-OH is 5. The maximum absolute atomic E-state index is 13.4. The summed E-state index contributed by atoms with van der Waals surface area (Å²) in [6.45, 7) is 5.60. The fourth-order valence-electron chi connectivity index (χ4n) is 9.63. The van der Waals surface area contributed by atoms with Crippen LogP contribution in [-0.2, 0) is 23.8 Å². The van der Waals surface area contributed by atoms with Gasteiger partial charge in [-0.05, 0) is 89.9 Å². The molecule has 8 unspecified atom stereocenters. The number of aliphatic hydroxyl groups is 5. The molecule has 80 heavy (non-hydrogen) atoms. The van der Waals surface area contributed by atoms with Crippen molar-refractivity contribution >= 4 is 11.9 Å². The number of unbranched alkanes of at least 4 members (excludes halogenated alkanes) is 28. The van der Waals surface area contributed by atoms with Crippen molar-refractivity contribution in [2.75, 3.05) is 13.2 Å². The first-order valence-corrected chi connectivity index (χ1v) is 32.5. The summed E-state index contributed by atoms with van der Waals surface area (Å²) in [5.74, 6) is -1.22. The zero-order valence-corrected chi connectivity index (χ0v) is 50.9. The molecule has 1 aliphatic rings. The Morgan fingerprint density at radius 3 is 1.48 bits per heavy atom. The number of rotatable bonds is 54. The number of carbonyl (C=O) groups is 2. The number of allylic oxidation sites excluding steroid dienone is 15. The molecule has 0 bridgehead atoms. The first-order chi connectivity index (χ1) is 39.2. The number of nitrogens with one attached hydrogen (secondary N) is 1. The zero-order valence-electron chi connectivity index (χ0n) is 50.9. The zero-order chi connectivity index (χ0) is 58.2. The Labute approximate surface area is 488 Å². The van der Waals surface area contributed by atoms with Crippen LogP contribution in [0.1, 0.15) is 265 Å². The molecule has 460 valence electrons. The molecular weight excluding hydrogens is 1000 g/mol. The minimum absolute atomic E-state index is 0.113. The maximum Gasteiger partial charge on any atom is 0.306 e. The lowest BCUT2D eigenvalue weighted by Gasteiger charge is -2.41. The fourth-order valence-corrected chi connectivity index (χ4v) is 9.63. The van der Waals surface area contributed by atoms with E-state index in [1.54, 1.807) is 6.08 Å². The Bertz CT molecular complexity index is 1670. The van der Waals surface area contributed by atoms with Crippen LogP contribution in [0, 0.1) is 0 Å². The molecule has 0 saturated carbocycles. The highest BCUT2D eigenvalue weighted by molar-refractivity contribution is 5.80. The molecule has 1 fully saturated rings. The van der Waals surface area contributed by atoms with Crippen molar-refractivity contribution in [1.29, 1.82) is 0 Å². The molecule has 1 aliphatic heterocycles. The Hall–Kier alpha value is -3.42. The van der Waals surface area contributed by atoms with E-state index in [1.165, 1.54) is 122 Å². The average Bonchev–Trinajstić information content (AvgIpc) is 3.46. The molecule has 11 heteroatoms. The molecule has 1 heterocycles. The number of esters is 1. The fraction of sp³-hybridized carbons (Fsp3) is 0.739. The van der Waals surface area contributed by atoms with Gasteiger partial charge in [0.1, 0.15) is 24.4 Å². The van der Waals surface area contributed by atoms with Gasteiger partial charge in [-0.2, -0.15) is 0 Å². The first-order valence-electron chi connectivity index (χ1n) is 32.5. The SMILES string of the molecule is CC/C=C/C=C/C=C\CCCCCCC(O)C(=O)NC(COC1OC(CO)C(O)C(O)C1OC(=O)CCCCCCCCCCCCC/C=C\C/C=C\C/C=C\C/C=C\CCCCC)C(O)/C=C/CCCCCCCCCCCC. The average molecular weight is 1120 g/mol. The summed E-state index contributed by atoms with van der Waals surface area (Å²) in [6.07, 6.45) is 64.6. The van der Waals surface area contributed by atoms with E-state index in [0.29, 0.717) is 12.8 Å². The first kappa shape index (κ1) is 74.6. The molecule has 8 atom stereocenters. The number of hydrogen-bond donors (Lipinski definition) is 6. The van der Waals surface area contributed by atoms with Crippen molar-refractivity contribution in [3.05, 3.63) is 97.2 Å². The van der Waals surface area contributed by atoms with Gasteiger partial charge in [-0.1, -0.05) is 266 Å². The summed E-state index contributed by atoms with van der Waals surface area (Å²) in [4.78, 5) is 26.5. The van der Waals surface area contributed by atoms with Crippen molar-refractivity contribution in [2.45, 2.75) is 314 Å². The largest absolute Gasteiger partial charge is 0.454 e. The van der Waals surface area contributed by atoms with Crippen LogP contribution < -0.4 is 5.32 Å². The van der Waals surface area contributed by atoms with Gasteiger partial charge in [-0.3, -0.25) is 9.59 Å². The van der Waals surface area contributed by atoms with Crippen molar-refractivity contribution in [3.63, 3.8) is 0 Å². The van der Waals surface area contributed by atoms with E-state index >= 15 is 0 Å². The van der Waals surface area contributed by atoms with Gasteiger partial charge in [0.2, 0.25) is 5.91 Å². The topological polar surface area (TPSA) is 175 Å². The van der Waals surface area contributed by atoms with Crippen molar-refractivity contribution in [3.8, 4) is 0 Å². The molecule has 0 radical (unpaired) electrons. The predicted octanol–water partition coefficient (Wildman–Crippen LogP) is 15.9. The van der Waals surface area contributed by atoms with Gasteiger partial charge in [-0.15, -0.1) is 0 Å². The van der Waals surface area contributed by atoms with Gasteiger partial charge >= 0.3 is 5.97 Å². The second-order valence-electron chi connectivity index (χ2n) is 22.2. The van der Waals surface area contributed by atoms with Gasteiger partial charge < -0.3 is 45.1 Å². The monoisotopic (exact) mass is 1120 g/mol. The van der Waals surface area contributed by atoms with Crippen LogP contribution >= 0.6 is 0 Å². The van der Waals surface area contributed by atoms with Gasteiger partial charge in [-0.25, -0.2) is 0 Å². The lowest BCUT2D eigenvalue weighted by Crippen LogP contribution is -2.61. The van der Waals surface area contributed by atoms with E-state index < -0.39 is 67.4 Å². The van der Waals surface area contributed by atoms with Gasteiger partial charge in [0.05, 0.1) is 25.4 Å². The molecule has 0 aromatic heterocycles. The summed E-state index contributed by atoms with van der Waals surface area (Å²) in [5, 5.41) is 56.9. The van der Waals surface area contributed by atoms with Gasteiger partial charge in [0.15, 0.2) is 12.4 Å². The van der Waals surface area contributed by atoms with Crippen LogP contribution in [0.25, 0.3) is 0 Å². The highest BCUT2D eigenvalue weighted by atomic mass is 16.7. The molecule has 1 rings (SSSR count). The normalized spacial score (nSPS) is 19.4. The second kappa shape index (κ2) is 56.1. The van der Waals surface area contributed by atoms with Crippen molar-refractivity contribution in [1.82, 2.24) is 5.32 Å². The van der Waals surface area contributed by atoms with Gasteiger partial charge in [0, 0.05) is 6.42 Å². The lowest BCUT2D eigenvalue weighted by atomic mass is 9.99. The molecule has 6 N–H and O–H groups in total. The summed E-state index contributed by atoms with van der Waals surface area (Å²) in [7, 11) is 0. The third-order valence-corrected chi connectivity index (χ3v) is 14.8. The highest BCUT2D eigenvalue weighted by Crippen LogP contribution is 2.26. The number of hydrogen-bond acceptors (Lipinski definition) is 10. The predicted molar refractivity (Wildman–Crippen MR) is 333 cm³/mol. The van der Waals surface area contributed by atoms with E-state index in [1.807, 2.05) is 30.4 Å². The third kappa shape index (κ3) is 43.3. The molecule has 1 saturated heterocycles. The summed E-state index contributed by atoms with van der Waals surface area (Å²) in [6, 6.07) is -1.04. The van der Waals surface area contributed by atoms with Crippen LogP contribution in [0.4, 0.5) is 0 Å². The van der Waals surface area contributed by atoms with Crippen LogP contribution in [-0.4, -0.2) is 99.6 Å². The van der Waals surface area contributed by atoms with Crippen molar-refractivity contribution < 1.29 is 49.3 Å². The molecule has 0 spiro atoms. The summed E-state index contributed by atoms with van der Waals surface area (Å²) < 4.78 is 17.6. The van der Waals surface area contributed by atoms with Crippen molar-refractivity contribution in [2.24, 2.45) is 0 Å². The molecule has 0 aromatic carbocycles. The minimum Gasteiger partial charge on any atom is -0.454 e. The Balaban J connectivity index is 2.57. The van der Waals surface area contributed by atoms with Crippen LogP contribution in [0.3, 0.4) is 0 Å². The smallest absolute Gasteiger partial charge is 0.306 e. The number of amides is 1. The van der Waals surface area contributed by atoms with Gasteiger partial charge in [0.25, 0.3) is 0 Å². The van der Waals surface area contributed by atoms with E-state index in [9.17, 15) is 35.1 Å². The molecule has 0 aromatic rings. The van der Waals surface area contributed by atoms with E-state index in [4.69, 9.17) is 14.2 Å². The Morgan fingerprint density at radius 1 is 0.512 bits per heavy atom. The van der Waals surface area contributed by atoms with Crippen LogP contribution in [0.2, 0.25) is 0 Å².